The highest BCUT2D eigenvalue weighted by atomic mass is 32.2. The highest BCUT2D eigenvalue weighted by molar-refractivity contribution is 7.90. The summed E-state index contributed by atoms with van der Waals surface area (Å²) in [6.45, 7) is 0. The highest BCUT2D eigenvalue weighted by Crippen LogP contribution is 2.61. The summed E-state index contributed by atoms with van der Waals surface area (Å²) in [4.78, 5) is 19.6. The summed E-state index contributed by atoms with van der Waals surface area (Å²) in [6, 6.07) is 0. The maximum atomic E-state index is 14.7. The molecule has 4 bridgehead atoms. The molecule has 4 aliphatic rings. The maximum Gasteiger partial charge on any atom is 0.259 e. The standard InChI is InChI=1S/C18H24FN3O5S/c1-26-15-12(19)16(22-17(21-15)28(2,24)25)27-13(14(20)23)18-6-9-3-10(7-18)5-11(4-9)8-18/h9-11,13H,3-8H2,1-2H3,(H2,20,23). The number of hydrogen-bond donors (Lipinski definition) is 1. The van der Waals surface area contributed by atoms with Gasteiger partial charge in [-0.3, -0.25) is 4.79 Å². The van der Waals surface area contributed by atoms with Crippen molar-refractivity contribution in [3.63, 3.8) is 0 Å². The Morgan fingerprint density at radius 1 is 1.14 bits per heavy atom. The van der Waals surface area contributed by atoms with Gasteiger partial charge in [0.25, 0.3) is 22.8 Å². The number of methoxy groups -OCH3 is 1. The summed E-state index contributed by atoms with van der Waals surface area (Å²) in [5.74, 6) is -1.36. The molecule has 4 saturated carbocycles. The third kappa shape index (κ3) is 3.21. The average Bonchev–Trinajstić information content (AvgIpc) is 2.58. The summed E-state index contributed by atoms with van der Waals surface area (Å²) < 4.78 is 49.0. The first-order valence-corrected chi connectivity index (χ1v) is 11.3. The molecule has 0 aliphatic heterocycles. The number of nitrogens with two attached hydrogens (primary N) is 1. The minimum absolute atomic E-state index is 0.462. The number of carbonyl (C=O) groups excluding carboxylic acids is 1. The Hall–Kier alpha value is -1.97. The van der Waals surface area contributed by atoms with E-state index in [1.807, 2.05) is 0 Å². The lowest BCUT2D eigenvalue weighted by molar-refractivity contribution is -0.148. The van der Waals surface area contributed by atoms with Crippen LogP contribution in [-0.2, 0) is 14.6 Å². The molecule has 28 heavy (non-hydrogen) atoms. The number of sulfone groups is 1. The summed E-state index contributed by atoms with van der Waals surface area (Å²) in [5.41, 5.74) is 5.21. The normalized spacial score (nSPS) is 32.2. The van der Waals surface area contributed by atoms with Crippen molar-refractivity contribution in [3.05, 3.63) is 5.82 Å². The fourth-order valence-corrected chi connectivity index (χ4v) is 6.36. The summed E-state index contributed by atoms with van der Waals surface area (Å²) in [7, 11) is -2.68. The van der Waals surface area contributed by atoms with Gasteiger partial charge in [-0.15, -0.1) is 0 Å². The van der Waals surface area contributed by atoms with Gasteiger partial charge in [0.05, 0.1) is 7.11 Å². The van der Waals surface area contributed by atoms with Gasteiger partial charge in [-0.05, 0) is 56.3 Å². The van der Waals surface area contributed by atoms with E-state index in [4.69, 9.17) is 15.2 Å². The first-order valence-electron chi connectivity index (χ1n) is 9.39. The second kappa shape index (κ2) is 6.53. The van der Waals surface area contributed by atoms with Crippen LogP contribution in [0.5, 0.6) is 11.8 Å². The van der Waals surface area contributed by atoms with E-state index >= 15 is 0 Å². The molecule has 1 aromatic rings. The van der Waals surface area contributed by atoms with Crippen molar-refractivity contribution in [2.24, 2.45) is 28.9 Å². The molecule has 2 N–H and O–H groups in total. The lowest BCUT2D eigenvalue weighted by Crippen LogP contribution is -2.57. The molecule has 0 aromatic carbocycles. The van der Waals surface area contributed by atoms with Crippen LogP contribution in [0.4, 0.5) is 4.39 Å². The van der Waals surface area contributed by atoms with E-state index in [1.165, 1.54) is 0 Å². The molecular weight excluding hydrogens is 389 g/mol. The molecular formula is C18H24FN3O5S. The number of amides is 1. The number of primary amides is 1. The van der Waals surface area contributed by atoms with Crippen LogP contribution in [-0.4, -0.2) is 43.8 Å². The number of ether oxygens (including phenoxy) is 2. The summed E-state index contributed by atoms with van der Waals surface area (Å²) in [6.07, 6.45) is 5.67. The highest BCUT2D eigenvalue weighted by Gasteiger charge is 2.57. The fraction of sp³-hybridized carbons (Fsp3) is 0.722. The molecule has 0 saturated heterocycles. The van der Waals surface area contributed by atoms with Gasteiger partial charge in [-0.1, -0.05) is 0 Å². The van der Waals surface area contributed by atoms with Crippen LogP contribution in [0.2, 0.25) is 0 Å². The fourth-order valence-electron chi connectivity index (χ4n) is 5.86. The summed E-state index contributed by atoms with van der Waals surface area (Å²) in [5, 5.41) is -0.630. The van der Waals surface area contributed by atoms with E-state index in [0.29, 0.717) is 17.8 Å². The monoisotopic (exact) mass is 413 g/mol. The largest absolute Gasteiger partial charge is 0.479 e. The van der Waals surface area contributed by atoms with Gasteiger partial charge < -0.3 is 15.2 Å². The van der Waals surface area contributed by atoms with Gasteiger partial charge in [-0.25, -0.2) is 8.42 Å². The van der Waals surface area contributed by atoms with E-state index in [0.717, 1.165) is 51.9 Å². The van der Waals surface area contributed by atoms with Crippen LogP contribution in [0, 0.1) is 29.0 Å². The maximum absolute atomic E-state index is 14.7. The number of carbonyl (C=O) groups is 1. The molecule has 10 heteroatoms. The number of nitrogens with zero attached hydrogens (tertiary/aromatic N) is 2. The van der Waals surface area contributed by atoms with Gasteiger partial charge in [0.1, 0.15) is 0 Å². The Morgan fingerprint density at radius 3 is 2.07 bits per heavy atom. The van der Waals surface area contributed by atoms with Crippen molar-refractivity contribution in [2.75, 3.05) is 13.4 Å². The van der Waals surface area contributed by atoms with Crippen molar-refractivity contribution in [1.82, 2.24) is 9.97 Å². The quantitative estimate of drug-likeness (QED) is 0.701. The third-order valence-corrected chi connectivity index (χ3v) is 7.27. The van der Waals surface area contributed by atoms with E-state index < -0.39 is 50.0 Å². The Bertz CT molecular complexity index is 885. The molecule has 1 atom stereocenters. The number of halogens is 1. The van der Waals surface area contributed by atoms with Crippen LogP contribution in [0.15, 0.2) is 5.16 Å². The van der Waals surface area contributed by atoms with Crippen molar-refractivity contribution in [2.45, 2.75) is 49.8 Å². The summed E-state index contributed by atoms with van der Waals surface area (Å²) >= 11 is 0. The third-order valence-electron chi connectivity index (χ3n) is 6.42. The van der Waals surface area contributed by atoms with E-state index in [2.05, 4.69) is 9.97 Å². The molecule has 154 valence electrons. The van der Waals surface area contributed by atoms with Crippen molar-refractivity contribution >= 4 is 15.7 Å². The predicted octanol–water partition coefficient (Wildman–Crippen LogP) is 1.48. The first kappa shape index (κ1) is 19.4. The molecule has 0 spiro atoms. The zero-order valence-electron chi connectivity index (χ0n) is 15.9. The molecule has 1 unspecified atom stereocenters. The zero-order valence-corrected chi connectivity index (χ0v) is 16.7. The van der Waals surface area contributed by atoms with E-state index in [1.54, 1.807) is 0 Å². The predicted molar refractivity (Wildman–Crippen MR) is 95.9 cm³/mol. The van der Waals surface area contributed by atoms with Crippen LogP contribution >= 0.6 is 0 Å². The van der Waals surface area contributed by atoms with Crippen LogP contribution in [0.25, 0.3) is 0 Å². The van der Waals surface area contributed by atoms with Crippen LogP contribution in [0.3, 0.4) is 0 Å². The molecule has 1 amide bonds. The van der Waals surface area contributed by atoms with E-state index in [-0.39, 0.29) is 0 Å². The zero-order chi connectivity index (χ0) is 20.3. The van der Waals surface area contributed by atoms with Gasteiger partial charge in [-0.2, -0.15) is 14.4 Å². The lowest BCUT2D eigenvalue weighted by Gasteiger charge is -2.58. The van der Waals surface area contributed by atoms with E-state index in [9.17, 15) is 17.6 Å². The Kier molecular flexibility index (Phi) is 4.52. The molecule has 4 fully saturated rings. The minimum Gasteiger partial charge on any atom is -0.479 e. The van der Waals surface area contributed by atoms with Crippen molar-refractivity contribution in [1.29, 1.82) is 0 Å². The molecule has 8 nitrogen and oxygen atoms in total. The SMILES string of the molecule is COc1nc(S(C)(=O)=O)nc(OC(C(N)=O)C23CC4CC(CC(C4)C2)C3)c1F. The van der Waals surface area contributed by atoms with Gasteiger partial charge >= 0.3 is 0 Å². The van der Waals surface area contributed by atoms with Crippen molar-refractivity contribution < 1.29 is 27.1 Å². The Balaban J connectivity index is 1.73. The smallest absolute Gasteiger partial charge is 0.259 e. The topological polar surface area (TPSA) is 121 Å². The lowest BCUT2D eigenvalue weighted by atomic mass is 9.48. The molecule has 5 rings (SSSR count). The Labute approximate surface area is 162 Å². The van der Waals surface area contributed by atoms with Gasteiger partial charge in [0.15, 0.2) is 6.10 Å². The molecule has 0 radical (unpaired) electrons. The van der Waals surface area contributed by atoms with Crippen LogP contribution < -0.4 is 15.2 Å². The first-order chi connectivity index (χ1) is 13.1. The molecule has 1 aromatic heterocycles. The molecule has 1 heterocycles. The van der Waals surface area contributed by atoms with Gasteiger partial charge in [0.2, 0.25) is 15.7 Å². The number of aromatic nitrogens is 2. The van der Waals surface area contributed by atoms with Gasteiger partial charge in [0, 0.05) is 11.7 Å². The number of rotatable bonds is 6. The Morgan fingerprint density at radius 2 is 1.64 bits per heavy atom. The van der Waals surface area contributed by atoms with Crippen LogP contribution in [0.1, 0.15) is 38.5 Å². The van der Waals surface area contributed by atoms with Crippen molar-refractivity contribution in [3.8, 4) is 11.8 Å². The minimum atomic E-state index is -3.84. The second-order valence-corrected chi connectivity index (χ2v) is 10.5. The average molecular weight is 413 g/mol. The molecule has 4 aliphatic carbocycles. The number of hydrogen-bond acceptors (Lipinski definition) is 7. The second-order valence-electron chi connectivity index (χ2n) is 8.59.